The van der Waals surface area contributed by atoms with E-state index in [1.54, 1.807) is 7.11 Å². The number of hydrogen-bond donors (Lipinski definition) is 1. The molecule has 1 aliphatic heterocycles. The molecule has 1 N–H and O–H groups in total. The molecule has 2 aromatic carbocycles. The van der Waals surface area contributed by atoms with Gasteiger partial charge in [-0.2, -0.15) is 0 Å². The largest absolute Gasteiger partial charge is 0.495 e. The lowest BCUT2D eigenvalue weighted by atomic mass is 9.53. The maximum absolute atomic E-state index is 13.9. The van der Waals surface area contributed by atoms with Gasteiger partial charge in [0.25, 0.3) is 0 Å². The standard InChI is InChI=1S/C30H39N3O2/c1-35-28-10-6-5-9-27(28)33-13-11-32(12-14-33)21-26(25-7-3-2-4-8-25)29(34)31-30-18-22-15-23(19-30)17-24(16-22)20-30/h2-10,22-24,26H,11-21H2,1H3,(H,31,34). The minimum atomic E-state index is -0.123. The summed E-state index contributed by atoms with van der Waals surface area (Å²) in [5.74, 6) is 3.55. The fourth-order valence-corrected chi connectivity index (χ4v) is 7.96. The molecule has 1 unspecified atom stereocenters. The van der Waals surface area contributed by atoms with Gasteiger partial charge in [-0.05, 0) is 74.0 Å². The average Bonchev–Trinajstić information content (AvgIpc) is 2.87. The summed E-state index contributed by atoms with van der Waals surface area (Å²) in [7, 11) is 1.74. The maximum Gasteiger partial charge on any atom is 0.229 e. The summed E-state index contributed by atoms with van der Waals surface area (Å²) in [6.07, 6.45) is 7.78. The summed E-state index contributed by atoms with van der Waals surface area (Å²) >= 11 is 0. The highest BCUT2D eigenvalue weighted by Crippen LogP contribution is 2.55. The first kappa shape index (κ1) is 22.9. The average molecular weight is 474 g/mol. The van der Waals surface area contributed by atoms with Crippen molar-refractivity contribution in [2.24, 2.45) is 17.8 Å². The number of para-hydroxylation sites is 2. The number of rotatable bonds is 7. The number of benzene rings is 2. The van der Waals surface area contributed by atoms with Crippen LogP contribution in [-0.4, -0.2) is 56.2 Å². The molecule has 4 bridgehead atoms. The van der Waals surface area contributed by atoms with Crippen LogP contribution in [-0.2, 0) is 4.79 Å². The maximum atomic E-state index is 13.9. The van der Waals surface area contributed by atoms with E-state index in [4.69, 9.17) is 4.74 Å². The van der Waals surface area contributed by atoms with Crippen LogP contribution in [0.25, 0.3) is 0 Å². The van der Waals surface area contributed by atoms with Crippen molar-refractivity contribution in [2.75, 3.05) is 44.7 Å². The van der Waals surface area contributed by atoms with E-state index in [0.717, 1.165) is 67.5 Å². The van der Waals surface area contributed by atoms with E-state index in [1.807, 2.05) is 18.2 Å². The zero-order chi connectivity index (χ0) is 23.8. The first-order valence-electron chi connectivity index (χ1n) is 13.6. The van der Waals surface area contributed by atoms with Crippen LogP contribution < -0.4 is 15.0 Å². The SMILES string of the molecule is COc1ccccc1N1CCN(CC(C(=O)NC23CC4CC(CC(C4)C2)C3)c2ccccc2)CC1. The molecule has 4 aliphatic carbocycles. The zero-order valence-electron chi connectivity index (χ0n) is 21.0. The van der Waals surface area contributed by atoms with Gasteiger partial charge in [0.1, 0.15) is 5.75 Å². The highest BCUT2D eigenvalue weighted by Gasteiger charge is 2.52. The van der Waals surface area contributed by atoms with Gasteiger partial charge in [-0.3, -0.25) is 9.69 Å². The van der Waals surface area contributed by atoms with Crippen molar-refractivity contribution in [1.29, 1.82) is 0 Å². The summed E-state index contributed by atoms with van der Waals surface area (Å²) in [5.41, 5.74) is 2.36. The van der Waals surface area contributed by atoms with E-state index < -0.39 is 0 Å². The van der Waals surface area contributed by atoms with E-state index in [0.29, 0.717) is 0 Å². The lowest BCUT2D eigenvalue weighted by Gasteiger charge is -2.57. The van der Waals surface area contributed by atoms with Gasteiger partial charge in [-0.1, -0.05) is 42.5 Å². The number of ether oxygens (including phenoxy) is 1. The second kappa shape index (κ2) is 9.50. The quantitative estimate of drug-likeness (QED) is 0.634. The minimum Gasteiger partial charge on any atom is -0.495 e. The van der Waals surface area contributed by atoms with Gasteiger partial charge in [-0.15, -0.1) is 0 Å². The van der Waals surface area contributed by atoms with Crippen molar-refractivity contribution in [3.05, 3.63) is 60.2 Å². The van der Waals surface area contributed by atoms with Gasteiger partial charge in [0.15, 0.2) is 0 Å². The van der Waals surface area contributed by atoms with Gasteiger partial charge in [-0.25, -0.2) is 0 Å². The Labute approximate surface area is 209 Å². The molecule has 1 heterocycles. The highest BCUT2D eigenvalue weighted by atomic mass is 16.5. The second-order valence-electron chi connectivity index (χ2n) is 11.6. The van der Waals surface area contributed by atoms with Crippen LogP contribution in [0.4, 0.5) is 5.69 Å². The van der Waals surface area contributed by atoms with E-state index in [-0.39, 0.29) is 17.4 Å². The van der Waals surface area contributed by atoms with Crippen molar-refractivity contribution in [1.82, 2.24) is 10.2 Å². The fourth-order valence-electron chi connectivity index (χ4n) is 7.96. The van der Waals surface area contributed by atoms with Crippen LogP contribution >= 0.6 is 0 Å². The summed E-state index contributed by atoms with van der Waals surface area (Å²) in [6.45, 7) is 4.57. The van der Waals surface area contributed by atoms with Gasteiger partial charge >= 0.3 is 0 Å². The molecule has 186 valence electrons. The van der Waals surface area contributed by atoms with Gasteiger partial charge in [0.05, 0.1) is 18.7 Å². The summed E-state index contributed by atoms with van der Waals surface area (Å²) in [4.78, 5) is 18.8. The Morgan fingerprint density at radius 1 is 0.914 bits per heavy atom. The van der Waals surface area contributed by atoms with Crippen molar-refractivity contribution in [3.63, 3.8) is 0 Å². The predicted molar refractivity (Wildman–Crippen MR) is 140 cm³/mol. The number of amides is 1. The summed E-state index contributed by atoms with van der Waals surface area (Å²) in [5, 5.41) is 3.67. The van der Waals surface area contributed by atoms with Crippen molar-refractivity contribution >= 4 is 11.6 Å². The van der Waals surface area contributed by atoms with Crippen LogP contribution in [0.15, 0.2) is 54.6 Å². The normalized spacial score (nSPS) is 30.8. The van der Waals surface area contributed by atoms with Crippen molar-refractivity contribution in [3.8, 4) is 5.75 Å². The third-order valence-electron chi connectivity index (χ3n) is 9.18. The van der Waals surface area contributed by atoms with Crippen LogP contribution in [0.2, 0.25) is 0 Å². The first-order valence-corrected chi connectivity index (χ1v) is 13.6. The number of hydrogen-bond acceptors (Lipinski definition) is 4. The second-order valence-corrected chi connectivity index (χ2v) is 11.6. The molecule has 0 radical (unpaired) electrons. The molecule has 0 spiro atoms. The zero-order valence-corrected chi connectivity index (χ0v) is 21.0. The molecular formula is C30H39N3O2. The number of anilines is 1. The van der Waals surface area contributed by atoms with E-state index in [2.05, 4.69) is 51.5 Å². The van der Waals surface area contributed by atoms with Gasteiger partial charge < -0.3 is 15.0 Å². The topological polar surface area (TPSA) is 44.8 Å². The molecule has 4 saturated carbocycles. The number of piperazine rings is 1. The molecule has 5 aliphatic rings. The van der Waals surface area contributed by atoms with E-state index in [1.165, 1.54) is 38.5 Å². The summed E-state index contributed by atoms with van der Waals surface area (Å²) in [6, 6.07) is 18.7. The monoisotopic (exact) mass is 473 g/mol. The number of carbonyl (C=O) groups is 1. The van der Waals surface area contributed by atoms with Crippen LogP contribution in [0.3, 0.4) is 0 Å². The summed E-state index contributed by atoms with van der Waals surface area (Å²) < 4.78 is 5.59. The molecule has 7 rings (SSSR count). The van der Waals surface area contributed by atoms with Crippen LogP contribution in [0, 0.1) is 17.8 Å². The molecule has 2 aromatic rings. The highest BCUT2D eigenvalue weighted by molar-refractivity contribution is 5.84. The van der Waals surface area contributed by atoms with Crippen LogP contribution in [0.5, 0.6) is 5.75 Å². The number of carbonyl (C=O) groups excluding carboxylic acids is 1. The Bertz CT molecular complexity index is 996. The Hall–Kier alpha value is -2.53. The molecule has 1 amide bonds. The van der Waals surface area contributed by atoms with Crippen molar-refractivity contribution in [2.45, 2.75) is 50.0 Å². The third kappa shape index (κ3) is 4.67. The lowest BCUT2D eigenvalue weighted by molar-refractivity contribution is -0.128. The molecule has 35 heavy (non-hydrogen) atoms. The molecule has 5 heteroatoms. The Balaban J connectivity index is 1.15. The van der Waals surface area contributed by atoms with Crippen LogP contribution in [0.1, 0.15) is 50.0 Å². The molecule has 0 aromatic heterocycles. The smallest absolute Gasteiger partial charge is 0.229 e. The van der Waals surface area contributed by atoms with E-state index >= 15 is 0 Å². The van der Waals surface area contributed by atoms with Crippen molar-refractivity contribution < 1.29 is 9.53 Å². The molecule has 1 atom stereocenters. The Morgan fingerprint density at radius 2 is 1.51 bits per heavy atom. The number of nitrogens with zero attached hydrogens (tertiary/aromatic N) is 2. The van der Waals surface area contributed by atoms with Gasteiger partial charge in [0, 0.05) is 38.3 Å². The number of methoxy groups -OCH3 is 1. The third-order valence-corrected chi connectivity index (χ3v) is 9.18. The van der Waals surface area contributed by atoms with E-state index in [9.17, 15) is 4.79 Å². The minimum absolute atomic E-state index is 0.0570. The molecule has 1 saturated heterocycles. The Morgan fingerprint density at radius 3 is 2.14 bits per heavy atom. The predicted octanol–water partition coefficient (Wildman–Crippen LogP) is 4.69. The van der Waals surface area contributed by atoms with Gasteiger partial charge in [0.2, 0.25) is 5.91 Å². The Kier molecular flexibility index (Phi) is 6.21. The molecule has 5 fully saturated rings. The number of nitrogens with one attached hydrogen (secondary N) is 1. The molecule has 5 nitrogen and oxygen atoms in total. The first-order chi connectivity index (χ1) is 17.1. The fraction of sp³-hybridized carbons (Fsp3) is 0.567. The lowest BCUT2D eigenvalue weighted by Crippen LogP contribution is -2.61. The molecular weight excluding hydrogens is 434 g/mol.